The number of nitrogens with zero attached hydrogens (tertiary/aromatic N) is 6. The van der Waals surface area contributed by atoms with Gasteiger partial charge in [0, 0.05) is 23.2 Å². The molecule has 0 unspecified atom stereocenters. The van der Waals surface area contributed by atoms with Gasteiger partial charge in [0.15, 0.2) is 11.3 Å². The molecular formula is C27H27N7O2. The van der Waals surface area contributed by atoms with Gasteiger partial charge in [-0.2, -0.15) is 10.3 Å². The van der Waals surface area contributed by atoms with Crippen LogP contribution in [0.2, 0.25) is 0 Å². The molecule has 5 aromatic rings. The van der Waals surface area contributed by atoms with E-state index in [0.29, 0.717) is 30.2 Å². The first kappa shape index (κ1) is 23.3. The fourth-order valence-electron chi connectivity index (χ4n) is 4.39. The minimum atomic E-state index is -0.420. The predicted molar refractivity (Wildman–Crippen MR) is 136 cm³/mol. The zero-order valence-corrected chi connectivity index (χ0v) is 20.5. The first-order valence-electron chi connectivity index (χ1n) is 12.1. The Hall–Kier alpha value is -4.40. The second kappa shape index (κ2) is 10.1. The van der Waals surface area contributed by atoms with Crippen LogP contribution in [0.4, 0.5) is 0 Å². The molecule has 0 saturated carbocycles. The highest BCUT2D eigenvalue weighted by Crippen LogP contribution is 2.30. The van der Waals surface area contributed by atoms with Crippen LogP contribution >= 0.6 is 0 Å². The highest BCUT2D eigenvalue weighted by atomic mass is 16.5. The Morgan fingerprint density at radius 1 is 1.06 bits per heavy atom. The maximum absolute atomic E-state index is 12.4. The number of ether oxygens (including phenoxy) is 1. The number of tetrazole rings is 1. The first-order chi connectivity index (χ1) is 17.6. The lowest BCUT2D eigenvalue weighted by Crippen LogP contribution is -2.10. The highest BCUT2D eigenvalue weighted by molar-refractivity contribution is 5.88. The quantitative estimate of drug-likeness (QED) is 0.322. The molecule has 182 valence electrons. The smallest absolute Gasteiger partial charge is 0.357 e. The number of fused-ring (bicyclic) bond motifs is 1. The van der Waals surface area contributed by atoms with Gasteiger partial charge in [0.25, 0.3) is 0 Å². The minimum absolute atomic E-state index is 0.305. The summed E-state index contributed by atoms with van der Waals surface area (Å²) in [6.45, 7) is 6.16. The van der Waals surface area contributed by atoms with Crippen LogP contribution in [0.25, 0.3) is 28.2 Å². The third-order valence-electron chi connectivity index (χ3n) is 6.08. The molecule has 0 saturated heterocycles. The number of carbonyl (C=O) groups excluding carboxylic acids is 1. The molecular weight excluding hydrogens is 454 g/mol. The second-order valence-electron chi connectivity index (χ2n) is 8.57. The summed E-state index contributed by atoms with van der Waals surface area (Å²) in [5.41, 5.74) is 8.03. The summed E-state index contributed by atoms with van der Waals surface area (Å²) in [6, 6.07) is 18.2. The molecule has 0 atom stereocenters. The van der Waals surface area contributed by atoms with Crippen LogP contribution in [0.15, 0.2) is 54.6 Å². The number of H-pyrrole nitrogens is 1. The van der Waals surface area contributed by atoms with Crippen LogP contribution in [-0.4, -0.2) is 47.8 Å². The van der Waals surface area contributed by atoms with Crippen LogP contribution in [-0.2, 0) is 17.6 Å². The zero-order valence-electron chi connectivity index (χ0n) is 20.5. The van der Waals surface area contributed by atoms with E-state index in [1.165, 1.54) is 0 Å². The van der Waals surface area contributed by atoms with E-state index in [2.05, 4.69) is 62.9 Å². The summed E-state index contributed by atoms with van der Waals surface area (Å²) in [6.07, 6.45) is 2.46. The molecule has 5 rings (SSSR count). The summed E-state index contributed by atoms with van der Waals surface area (Å²) in [7, 11) is 0. The normalized spacial score (nSPS) is 11.2. The van der Waals surface area contributed by atoms with Crippen molar-refractivity contribution in [1.82, 2.24) is 35.2 Å². The van der Waals surface area contributed by atoms with Crippen molar-refractivity contribution in [3.63, 3.8) is 0 Å². The van der Waals surface area contributed by atoms with Crippen molar-refractivity contribution in [2.45, 2.75) is 40.0 Å². The number of hydrogen-bond acceptors (Lipinski definition) is 7. The topological polar surface area (TPSA) is 111 Å². The number of benzene rings is 2. The summed E-state index contributed by atoms with van der Waals surface area (Å²) in [5.74, 6) is 0.140. The van der Waals surface area contributed by atoms with Crippen molar-refractivity contribution in [1.29, 1.82) is 0 Å². The third-order valence-corrected chi connectivity index (χ3v) is 6.08. The Labute approximate surface area is 208 Å². The second-order valence-corrected chi connectivity index (χ2v) is 8.57. The lowest BCUT2D eigenvalue weighted by atomic mass is 9.96. The fraction of sp³-hybridized carbons (Fsp3) is 0.259. The lowest BCUT2D eigenvalue weighted by molar-refractivity contribution is 0.0519. The van der Waals surface area contributed by atoms with Gasteiger partial charge in [0.2, 0.25) is 5.82 Å². The van der Waals surface area contributed by atoms with Gasteiger partial charge in [0.1, 0.15) is 0 Å². The van der Waals surface area contributed by atoms with Gasteiger partial charge in [-0.25, -0.2) is 14.3 Å². The number of rotatable bonds is 8. The van der Waals surface area contributed by atoms with Gasteiger partial charge in [-0.3, -0.25) is 0 Å². The van der Waals surface area contributed by atoms with E-state index < -0.39 is 5.97 Å². The number of aromatic nitrogens is 7. The van der Waals surface area contributed by atoms with Crippen LogP contribution in [0.5, 0.6) is 0 Å². The van der Waals surface area contributed by atoms with Crippen molar-refractivity contribution in [3.05, 3.63) is 82.8 Å². The van der Waals surface area contributed by atoms with Crippen molar-refractivity contribution in [2.75, 3.05) is 6.61 Å². The molecule has 9 heteroatoms. The highest BCUT2D eigenvalue weighted by Gasteiger charge is 2.19. The lowest BCUT2D eigenvalue weighted by Gasteiger charge is -2.09. The Balaban J connectivity index is 1.51. The van der Waals surface area contributed by atoms with E-state index in [-0.39, 0.29) is 0 Å². The molecule has 1 N–H and O–H groups in total. The molecule has 0 aliphatic heterocycles. The molecule has 0 spiro atoms. The van der Waals surface area contributed by atoms with Crippen molar-refractivity contribution >= 4 is 11.6 Å². The van der Waals surface area contributed by atoms with E-state index in [1.54, 1.807) is 13.0 Å². The van der Waals surface area contributed by atoms with Gasteiger partial charge in [-0.1, -0.05) is 61.9 Å². The number of carbonyl (C=O) groups is 1. The molecule has 0 aliphatic rings. The molecule has 2 aromatic carbocycles. The van der Waals surface area contributed by atoms with E-state index in [9.17, 15) is 4.79 Å². The van der Waals surface area contributed by atoms with Gasteiger partial charge in [-0.15, -0.1) is 10.2 Å². The summed E-state index contributed by atoms with van der Waals surface area (Å²) in [5, 5.41) is 19.3. The average Bonchev–Trinajstić information content (AvgIpc) is 3.54. The monoisotopic (exact) mass is 481 g/mol. The average molecular weight is 482 g/mol. The summed E-state index contributed by atoms with van der Waals surface area (Å²) < 4.78 is 7.02. The first-order valence-corrected chi connectivity index (χ1v) is 12.1. The molecule has 9 nitrogen and oxygen atoms in total. The van der Waals surface area contributed by atoms with E-state index in [1.807, 2.05) is 29.6 Å². The number of aromatic amines is 1. The molecule has 0 fully saturated rings. The van der Waals surface area contributed by atoms with Crippen LogP contribution in [0.3, 0.4) is 0 Å². The number of hydrogen-bond donors (Lipinski definition) is 1. The van der Waals surface area contributed by atoms with Crippen molar-refractivity contribution < 1.29 is 9.53 Å². The Morgan fingerprint density at radius 3 is 2.53 bits per heavy atom. The molecule has 3 aromatic heterocycles. The molecule has 3 heterocycles. The van der Waals surface area contributed by atoms with Crippen molar-refractivity contribution in [2.24, 2.45) is 0 Å². The summed E-state index contributed by atoms with van der Waals surface area (Å²) in [4.78, 5) is 17.1. The Bertz CT molecular complexity index is 1510. The van der Waals surface area contributed by atoms with E-state index in [0.717, 1.165) is 52.0 Å². The molecule has 0 bridgehead atoms. The number of aryl methyl sites for hydroxylation is 2. The standard InChI is InChI=1S/C27H27N7O2/c1-4-8-23-22(26-28-24(27(35)36-5-2)15-17(3)34(26)31-23)16-18-11-13-19(14-12-18)20-9-6-7-10-21(20)25-29-32-33-30-25/h6-7,9-15H,4-5,8,16H2,1-3H3,(H,29,30,32,33). The fourth-order valence-corrected chi connectivity index (χ4v) is 4.39. The van der Waals surface area contributed by atoms with Gasteiger partial charge >= 0.3 is 5.97 Å². The Kier molecular flexibility index (Phi) is 6.53. The predicted octanol–water partition coefficient (Wildman–Crippen LogP) is 4.60. The third kappa shape index (κ3) is 4.47. The summed E-state index contributed by atoms with van der Waals surface area (Å²) >= 11 is 0. The van der Waals surface area contributed by atoms with Gasteiger partial charge in [-0.05, 0) is 48.2 Å². The zero-order chi connectivity index (χ0) is 25.1. The maximum atomic E-state index is 12.4. The minimum Gasteiger partial charge on any atom is -0.461 e. The van der Waals surface area contributed by atoms with Gasteiger partial charge in [0.05, 0.1) is 12.3 Å². The van der Waals surface area contributed by atoms with Crippen LogP contribution in [0.1, 0.15) is 53.3 Å². The number of esters is 1. The molecule has 0 radical (unpaired) electrons. The van der Waals surface area contributed by atoms with E-state index >= 15 is 0 Å². The Morgan fingerprint density at radius 2 is 1.83 bits per heavy atom. The van der Waals surface area contributed by atoms with Gasteiger partial charge < -0.3 is 4.74 Å². The molecule has 36 heavy (non-hydrogen) atoms. The molecule has 0 amide bonds. The SMILES string of the molecule is CCCc1nn2c(C)cc(C(=O)OCC)nc2c1Cc1ccc(-c2ccccc2-c2nn[nH]n2)cc1. The number of nitrogens with one attached hydrogen (secondary N) is 1. The van der Waals surface area contributed by atoms with Crippen molar-refractivity contribution in [3.8, 4) is 22.5 Å². The van der Waals surface area contributed by atoms with Crippen LogP contribution in [0, 0.1) is 6.92 Å². The van der Waals surface area contributed by atoms with Crippen LogP contribution < -0.4 is 0 Å². The van der Waals surface area contributed by atoms with E-state index in [4.69, 9.17) is 9.84 Å². The molecule has 0 aliphatic carbocycles. The largest absolute Gasteiger partial charge is 0.461 e. The maximum Gasteiger partial charge on any atom is 0.357 e.